The Balaban J connectivity index is 2.02. The lowest BCUT2D eigenvalue weighted by atomic mass is 10.1. The Kier molecular flexibility index (Phi) is 4.52. The van der Waals surface area contributed by atoms with Crippen LogP contribution in [-0.4, -0.2) is 30.0 Å². The molecule has 0 spiro atoms. The van der Waals surface area contributed by atoms with Gasteiger partial charge >= 0.3 is 0 Å². The van der Waals surface area contributed by atoms with Crippen LogP contribution in [0.1, 0.15) is 16.1 Å². The maximum absolute atomic E-state index is 12.9. The molecule has 0 fully saturated rings. The van der Waals surface area contributed by atoms with E-state index in [2.05, 4.69) is 9.97 Å². The van der Waals surface area contributed by atoms with Gasteiger partial charge in [-0.2, -0.15) is 0 Å². The van der Waals surface area contributed by atoms with Gasteiger partial charge in [0.15, 0.2) is 0 Å². The van der Waals surface area contributed by atoms with Gasteiger partial charge in [-0.3, -0.25) is 9.78 Å². The van der Waals surface area contributed by atoms with Crippen molar-refractivity contribution in [3.8, 4) is 22.9 Å². The van der Waals surface area contributed by atoms with Gasteiger partial charge in [0.1, 0.15) is 17.2 Å². The first-order valence-electron chi connectivity index (χ1n) is 7.38. The van der Waals surface area contributed by atoms with Crippen molar-refractivity contribution in [2.75, 3.05) is 14.2 Å². The van der Waals surface area contributed by atoms with E-state index in [1.54, 1.807) is 43.6 Å². The van der Waals surface area contributed by atoms with Crippen molar-refractivity contribution < 1.29 is 14.3 Å². The normalized spacial score (nSPS) is 10.2. The van der Waals surface area contributed by atoms with Crippen molar-refractivity contribution in [2.45, 2.75) is 0 Å². The first kappa shape index (κ1) is 15.7. The van der Waals surface area contributed by atoms with E-state index in [0.717, 1.165) is 0 Å². The van der Waals surface area contributed by atoms with Crippen molar-refractivity contribution in [3.05, 3.63) is 72.1 Å². The predicted molar refractivity (Wildman–Crippen MR) is 90.4 cm³/mol. The molecule has 120 valence electrons. The minimum absolute atomic E-state index is 0.233. The van der Waals surface area contributed by atoms with E-state index in [-0.39, 0.29) is 5.78 Å². The first-order chi connectivity index (χ1) is 11.7. The molecule has 5 nitrogen and oxygen atoms in total. The van der Waals surface area contributed by atoms with Gasteiger partial charge in [-0.1, -0.05) is 12.1 Å². The minimum Gasteiger partial charge on any atom is -0.497 e. The topological polar surface area (TPSA) is 61.3 Å². The van der Waals surface area contributed by atoms with Crippen LogP contribution in [0.15, 0.2) is 60.8 Å². The molecule has 5 heteroatoms. The second-order valence-corrected chi connectivity index (χ2v) is 5.02. The van der Waals surface area contributed by atoms with E-state index in [1.165, 1.54) is 7.11 Å². The quantitative estimate of drug-likeness (QED) is 0.674. The van der Waals surface area contributed by atoms with Gasteiger partial charge in [0.25, 0.3) is 0 Å². The Bertz CT molecular complexity index is 863. The highest BCUT2D eigenvalue weighted by Crippen LogP contribution is 2.26. The molecule has 0 unspecified atom stereocenters. The molecule has 0 atom stereocenters. The molecule has 2 aromatic heterocycles. The molecule has 24 heavy (non-hydrogen) atoms. The summed E-state index contributed by atoms with van der Waals surface area (Å²) in [6.07, 6.45) is 1.69. The van der Waals surface area contributed by atoms with Gasteiger partial charge in [0, 0.05) is 6.20 Å². The van der Waals surface area contributed by atoms with Crippen LogP contribution < -0.4 is 9.47 Å². The van der Waals surface area contributed by atoms with Crippen LogP contribution in [-0.2, 0) is 0 Å². The zero-order valence-electron chi connectivity index (χ0n) is 13.4. The number of hydrogen-bond donors (Lipinski definition) is 0. The molecule has 0 radical (unpaired) electrons. The van der Waals surface area contributed by atoms with Gasteiger partial charge in [0.05, 0.1) is 31.2 Å². The van der Waals surface area contributed by atoms with Gasteiger partial charge < -0.3 is 9.47 Å². The highest BCUT2D eigenvalue weighted by Gasteiger charge is 2.17. The molecule has 0 saturated carbocycles. The molecule has 0 aliphatic carbocycles. The van der Waals surface area contributed by atoms with Crippen LogP contribution in [0.3, 0.4) is 0 Å². The minimum atomic E-state index is -0.233. The highest BCUT2D eigenvalue weighted by atomic mass is 16.5. The molecule has 0 saturated heterocycles. The number of nitrogens with zero attached hydrogens (tertiary/aromatic N) is 2. The van der Waals surface area contributed by atoms with E-state index in [4.69, 9.17) is 9.47 Å². The van der Waals surface area contributed by atoms with Crippen LogP contribution in [0.2, 0.25) is 0 Å². The van der Waals surface area contributed by atoms with Crippen LogP contribution in [0, 0.1) is 0 Å². The largest absolute Gasteiger partial charge is 0.497 e. The summed E-state index contributed by atoms with van der Waals surface area (Å²) >= 11 is 0. The summed E-state index contributed by atoms with van der Waals surface area (Å²) in [5.74, 6) is 0.828. The monoisotopic (exact) mass is 320 g/mol. The average Bonchev–Trinajstić information content (AvgIpc) is 2.67. The fourth-order valence-electron chi connectivity index (χ4n) is 2.35. The van der Waals surface area contributed by atoms with Crippen molar-refractivity contribution in [3.63, 3.8) is 0 Å². The van der Waals surface area contributed by atoms with Gasteiger partial charge in [-0.05, 0) is 42.5 Å². The number of hydrogen-bond acceptors (Lipinski definition) is 5. The number of carbonyl (C=O) groups is 1. The number of aromatic nitrogens is 2. The maximum atomic E-state index is 12.9. The summed E-state index contributed by atoms with van der Waals surface area (Å²) in [5, 5.41) is 0. The third-order valence-corrected chi connectivity index (χ3v) is 3.56. The molecule has 0 bridgehead atoms. The molecule has 0 amide bonds. The van der Waals surface area contributed by atoms with E-state index in [0.29, 0.717) is 34.1 Å². The first-order valence-corrected chi connectivity index (χ1v) is 7.38. The SMILES string of the molecule is COc1ccc(OC)c(C(=O)c2cccc(-c3ccccn3)n2)c1. The fourth-order valence-corrected chi connectivity index (χ4v) is 2.35. The predicted octanol–water partition coefficient (Wildman–Crippen LogP) is 3.39. The Morgan fingerprint density at radius 1 is 0.917 bits per heavy atom. The van der Waals surface area contributed by atoms with Crippen LogP contribution >= 0.6 is 0 Å². The molecule has 3 aromatic rings. The third kappa shape index (κ3) is 3.10. The van der Waals surface area contributed by atoms with Crippen molar-refractivity contribution in [1.82, 2.24) is 9.97 Å². The maximum Gasteiger partial charge on any atom is 0.215 e. The lowest BCUT2D eigenvalue weighted by Gasteiger charge is -2.10. The standard InChI is InChI=1S/C19H16N2O3/c1-23-13-9-10-18(24-2)14(12-13)19(22)17-8-5-7-16(21-17)15-6-3-4-11-20-15/h3-12H,1-2H3. The Labute approximate surface area is 139 Å². The number of benzene rings is 1. The molecule has 3 rings (SSSR count). The number of carbonyl (C=O) groups excluding carboxylic acids is 1. The summed E-state index contributed by atoms with van der Waals surface area (Å²) in [5.41, 5.74) is 2.08. The summed E-state index contributed by atoms with van der Waals surface area (Å²) in [6, 6.07) is 15.9. The molecule has 0 aliphatic rings. The average molecular weight is 320 g/mol. The number of ether oxygens (including phenoxy) is 2. The van der Waals surface area contributed by atoms with E-state index >= 15 is 0 Å². The van der Waals surface area contributed by atoms with Crippen LogP contribution in [0.25, 0.3) is 11.4 Å². The number of ketones is 1. The number of pyridine rings is 2. The van der Waals surface area contributed by atoms with Crippen molar-refractivity contribution in [2.24, 2.45) is 0 Å². The second-order valence-electron chi connectivity index (χ2n) is 5.02. The van der Waals surface area contributed by atoms with Crippen LogP contribution in [0.5, 0.6) is 11.5 Å². The molecule has 0 N–H and O–H groups in total. The summed E-state index contributed by atoms with van der Waals surface area (Å²) in [6.45, 7) is 0. The smallest absolute Gasteiger partial charge is 0.215 e. The zero-order chi connectivity index (χ0) is 16.9. The molecular formula is C19H16N2O3. The Morgan fingerprint density at radius 3 is 2.46 bits per heavy atom. The number of rotatable bonds is 5. The van der Waals surface area contributed by atoms with E-state index in [9.17, 15) is 4.79 Å². The van der Waals surface area contributed by atoms with Gasteiger partial charge in [-0.25, -0.2) is 4.98 Å². The summed E-state index contributed by atoms with van der Waals surface area (Å²) in [4.78, 5) is 21.6. The summed E-state index contributed by atoms with van der Waals surface area (Å²) < 4.78 is 10.5. The lowest BCUT2D eigenvalue weighted by molar-refractivity contribution is 0.103. The van der Waals surface area contributed by atoms with Crippen LogP contribution in [0.4, 0.5) is 0 Å². The Hall–Kier alpha value is -3.21. The van der Waals surface area contributed by atoms with Gasteiger partial charge in [-0.15, -0.1) is 0 Å². The van der Waals surface area contributed by atoms with Gasteiger partial charge in [0.2, 0.25) is 5.78 Å². The third-order valence-electron chi connectivity index (χ3n) is 3.56. The zero-order valence-corrected chi connectivity index (χ0v) is 13.4. The second kappa shape index (κ2) is 6.91. The molecule has 0 aliphatic heterocycles. The van der Waals surface area contributed by atoms with Crippen molar-refractivity contribution >= 4 is 5.78 Å². The number of methoxy groups -OCH3 is 2. The van der Waals surface area contributed by atoms with E-state index < -0.39 is 0 Å². The lowest BCUT2D eigenvalue weighted by Crippen LogP contribution is -2.07. The molecule has 1 aromatic carbocycles. The molecular weight excluding hydrogens is 304 g/mol. The molecule has 2 heterocycles. The Morgan fingerprint density at radius 2 is 1.75 bits per heavy atom. The van der Waals surface area contributed by atoms with Crippen molar-refractivity contribution in [1.29, 1.82) is 0 Å². The highest BCUT2D eigenvalue weighted by molar-refractivity contribution is 6.10. The fraction of sp³-hybridized carbons (Fsp3) is 0.105. The van der Waals surface area contributed by atoms with E-state index in [1.807, 2.05) is 24.3 Å². The summed E-state index contributed by atoms with van der Waals surface area (Å²) in [7, 11) is 3.08.